The van der Waals surface area contributed by atoms with Crippen LogP contribution in [0.4, 0.5) is 10.8 Å². The molecule has 1 heterocycles. The van der Waals surface area contributed by atoms with Gasteiger partial charge >= 0.3 is 0 Å². The Bertz CT molecular complexity index is 438. The van der Waals surface area contributed by atoms with Gasteiger partial charge in [-0.25, -0.2) is 4.98 Å². The molecule has 0 amide bonds. The molecule has 0 N–H and O–H groups in total. The van der Waals surface area contributed by atoms with Gasteiger partial charge in [0, 0.05) is 0 Å². The minimum Gasteiger partial charge on any atom is -0.224 e. The molecule has 0 radical (unpaired) electrons. The molecule has 0 atom stereocenters. The highest BCUT2D eigenvalue weighted by Gasteiger charge is 1.96. The zero-order chi connectivity index (χ0) is 9.80. The van der Waals surface area contributed by atoms with E-state index in [0.29, 0.717) is 9.47 Å². The second kappa shape index (κ2) is 4.30. The maximum atomic E-state index is 5.70. The van der Waals surface area contributed by atoms with Crippen molar-refractivity contribution in [1.29, 1.82) is 0 Å². The Morgan fingerprint density at radius 3 is 2.57 bits per heavy atom. The van der Waals surface area contributed by atoms with Crippen molar-refractivity contribution in [3.8, 4) is 0 Å². The summed E-state index contributed by atoms with van der Waals surface area (Å²) in [6.45, 7) is 0. The van der Waals surface area contributed by atoms with Crippen molar-refractivity contribution in [2.75, 3.05) is 0 Å². The first-order chi connectivity index (χ1) is 6.84. The van der Waals surface area contributed by atoms with Gasteiger partial charge in [-0.1, -0.05) is 41.1 Å². The number of aromatic nitrogens is 1. The van der Waals surface area contributed by atoms with E-state index >= 15 is 0 Å². The molecule has 0 aliphatic rings. The van der Waals surface area contributed by atoms with Crippen LogP contribution >= 0.6 is 22.9 Å². The Balaban J connectivity index is 2.15. The minimum absolute atomic E-state index is 0.568. The van der Waals surface area contributed by atoms with E-state index in [4.69, 9.17) is 11.6 Å². The molecule has 0 saturated heterocycles. The molecule has 2 rings (SSSR count). The van der Waals surface area contributed by atoms with Crippen LogP contribution in [0.15, 0.2) is 46.8 Å². The summed E-state index contributed by atoms with van der Waals surface area (Å²) in [5.74, 6) is 0. The van der Waals surface area contributed by atoms with E-state index in [1.807, 2.05) is 30.3 Å². The third-order valence-electron chi connectivity index (χ3n) is 1.47. The minimum atomic E-state index is 0.568. The molecule has 3 nitrogen and oxygen atoms in total. The van der Waals surface area contributed by atoms with Crippen molar-refractivity contribution in [2.45, 2.75) is 0 Å². The number of hydrogen-bond donors (Lipinski definition) is 0. The Morgan fingerprint density at radius 2 is 1.93 bits per heavy atom. The predicted octanol–water partition coefficient (Wildman–Crippen LogP) is 4.21. The Morgan fingerprint density at radius 1 is 1.14 bits per heavy atom. The van der Waals surface area contributed by atoms with Crippen LogP contribution in [0.5, 0.6) is 0 Å². The zero-order valence-corrected chi connectivity index (χ0v) is 8.66. The lowest BCUT2D eigenvalue weighted by atomic mass is 10.3. The third kappa shape index (κ3) is 2.37. The molecule has 0 fully saturated rings. The van der Waals surface area contributed by atoms with E-state index < -0.39 is 0 Å². The molecule has 70 valence electrons. The highest BCUT2D eigenvalue weighted by molar-refractivity contribution is 7.19. The largest absolute Gasteiger partial charge is 0.231 e. The topological polar surface area (TPSA) is 37.6 Å². The maximum Gasteiger partial charge on any atom is 0.231 e. The first-order valence-corrected chi connectivity index (χ1v) is 5.12. The van der Waals surface area contributed by atoms with Crippen LogP contribution in [-0.2, 0) is 0 Å². The van der Waals surface area contributed by atoms with Gasteiger partial charge in [0.1, 0.15) is 4.34 Å². The lowest BCUT2D eigenvalue weighted by Gasteiger charge is -1.87. The van der Waals surface area contributed by atoms with Crippen LogP contribution in [0.1, 0.15) is 0 Å². The van der Waals surface area contributed by atoms with Gasteiger partial charge in [-0.15, -0.1) is 10.2 Å². The van der Waals surface area contributed by atoms with Crippen LogP contribution in [0.25, 0.3) is 0 Å². The van der Waals surface area contributed by atoms with Crippen LogP contribution in [-0.4, -0.2) is 4.98 Å². The van der Waals surface area contributed by atoms with Gasteiger partial charge < -0.3 is 0 Å². The molecule has 14 heavy (non-hydrogen) atoms. The van der Waals surface area contributed by atoms with Crippen molar-refractivity contribution in [3.63, 3.8) is 0 Å². The molecule has 1 aromatic carbocycles. The maximum absolute atomic E-state index is 5.70. The van der Waals surface area contributed by atoms with Crippen LogP contribution in [0, 0.1) is 0 Å². The van der Waals surface area contributed by atoms with Gasteiger partial charge in [-0.2, -0.15) is 0 Å². The third-order valence-corrected chi connectivity index (χ3v) is 2.47. The second-order valence-corrected chi connectivity index (χ2v) is 4.12. The van der Waals surface area contributed by atoms with Crippen molar-refractivity contribution >= 4 is 33.8 Å². The molecule has 0 bridgehead atoms. The van der Waals surface area contributed by atoms with E-state index in [9.17, 15) is 0 Å². The molecule has 5 heteroatoms. The number of nitrogens with zero attached hydrogens (tertiary/aromatic N) is 3. The van der Waals surface area contributed by atoms with Crippen molar-refractivity contribution in [1.82, 2.24) is 4.98 Å². The lowest BCUT2D eigenvalue weighted by Crippen LogP contribution is -1.60. The monoisotopic (exact) mass is 223 g/mol. The SMILES string of the molecule is Clc1cnc(N=Nc2ccccc2)s1. The average molecular weight is 224 g/mol. The van der Waals surface area contributed by atoms with Crippen molar-refractivity contribution in [3.05, 3.63) is 40.9 Å². The molecular weight excluding hydrogens is 218 g/mol. The Labute approximate surface area is 90.1 Å². The van der Waals surface area contributed by atoms with Gasteiger partial charge in [-0.05, 0) is 12.1 Å². The summed E-state index contributed by atoms with van der Waals surface area (Å²) < 4.78 is 0.618. The number of halogens is 1. The second-order valence-electron chi connectivity index (χ2n) is 2.48. The number of azo groups is 1. The number of rotatable bonds is 2. The Hall–Kier alpha value is -1.26. The van der Waals surface area contributed by atoms with Crippen LogP contribution in [0.2, 0.25) is 4.34 Å². The van der Waals surface area contributed by atoms with Gasteiger partial charge in [0.2, 0.25) is 5.13 Å². The van der Waals surface area contributed by atoms with Crippen LogP contribution in [0.3, 0.4) is 0 Å². The highest BCUT2D eigenvalue weighted by Crippen LogP contribution is 2.26. The highest BCUT2D eigenvalue weighted by atomic mass is 35.5. The van der Waals surface area contributed by atoms with Crippen molar-refractivity contribution < 1.29 is 0 Å². The number of thiazole rings is 1. The quantitative estimate of drug-likeness (QED) is 0.703. The summed E-state index contributed by atoms with van der Waals surface area (Å²) >= 11 is 7.00. The smallest absolute Gasteiger partial charge is 0.224 e. The van der Waals surface area contributed by atoms with E-state index in [1.165, 1.54) is 11.3 Å². The van der Waals surface area contributed by atoms with Gasteiger partial charge in [0.05, 0.1) is 11.9 Å². The molecule has 0 unspecified atom stereocenters. The molecule has 1 aromatic heterocycles. The number of hydrogen-bond acceptors (Lipinski definition) is 4. The fraction of sp³-hybridized carbons (Fsp3) is 0. The summed E-state index contributed by atoms with van der Waals surface area (Å²) in [6, 6.07) is 9.49. The first-order valence-electron chi connectivity index (χ1n) is 3.93. The fourth-order valence-corrected chi connectivity index (χ4v) is 1.61. The molecule has 0 saturated carbocycles. The summed E-state index contributed by atoms with van der Waals surface area (Å²) in [5, 5.41) is 8.52. The van der Waals surface area contributed by atoms with E-state index in [1.54, 1.807) is 6.20 Å². The number of benzene rings is 1. The normalized spacial score (nSPS) is 10.9. The molecular formula is C9H6ClN3S. The molecule has 0 aliphatic heterocycles. The lowest BCUT2D eigenvalue weighted by molar-refractivity contribution is 1.20. The molecule has 2 aromatic rings. The van der Waals surface area contributed by atoms with E-state index in [-0.39, 0.29) is 0 Å². The molecule has 0 aliphatic carbocycles. The first kappa shape index (κ1) is 9.30. The molecule has 0 spiro atoms. The summed E-state index contributed by atoms with van der Waals surface area (Å²) in [6.07, 6.45) is 1.56. The van der Waals surface area contributed by atoms with Gasteiger partial charge in [0.25, 0.3) is 0 Å². The summed E-state index contributed by atoms with van der Waals surface area (Å²) in [7, 11) is 0. The van der Waals surface area contributed by atoms with Gasteiger partial charge in [-0.3, -0.25) is 0 Å². The van der Waals surface area contributed by atoms with Crippen LogP contribution < -0.4 is 0 Å². The predicted molar refractivity (Wildman–Crippen MR) is 57.7 cm³/mol. The summed E-state index contributed by atoms with van der Waals surface area (Å²) in [4.78, 5) is 3.96. The Kier molecular flexibility index (Phi) is 2.86. The average Bonchev–Trinajstić information content (AvgIpc) is 2.63. The standard InChI is InChI=1S/C9H6ClN3S/c10-8-6-11-9(14-8)13-12-7-4-2-1-3-5-7/h1-6H. The van der Waals surface area contributed by atoms with E-state index in [2.05, 4.69) is 15.2 Å². The van der Waals surface area contributed by atoms with Crippen molar-refractivity contribution in [2.24, 2.45) is 10.2 Å². The van der Waals surface area contributed by atoms with Gasteiger partial charge in [0.15, 0.2) is 0 Å². The summed E-state index contributed by atoms with van der Waals surface area (Å²) in [5.41, 5.74) is 0.804. The zero-order valence-electron chi connectivity index (χ0n) is 7.09. The fourth-order valence-electron chi connectivity index (χ4n) is 0.887. The van der Waals surface area contributed by atoms with E-state index in [0.717, 1.165) is 5.69 Å².